The van der Waals surface area contributed by atoms with E-state index in [9.17, 15) is 14.4 Å². The van der Waals surface area contributed by atoms with Crippen molar-refractivity contribution < 1.29 is 23.9 Å². The SMILES string of the molecule is CCCCOc1ccc(C(=O)Oc2ccc(/C=N\NC(=O)C(=O)Nc3ccccc3Cl)cc2)cc1. The summed E-state index contributed by atoms with van der Waals surface area (Å²) in [6.45, 7) is 2.72. The topological polar surface area (TPSA) is 106 Å². The van der Waals surface area contributed by atoms with Crippen molar-refractivity contribution in [1.82, 2.24) is 5.43 Å². The van der Waals surface area contributed by atoms with Crippen LogP contribution in [0, 0.1) is 0 Å². The van der Waals surface area contributed by atoms with Gasteiger partial charge in [-0.3, -0.25) is 9.59 Å². The monoisotopic (exact) mass is 493 g/mol. The zero-order chi connectivity index (χ0) is 25.0. The molecule has 180 valence electrons. The van der Waals surface area contributed by atoms with Gasteiger partial charge in [0.1, 0.15) is 11.5 Å². The first-order valence-electron chi connectivity index (χ1n) is 10.9. The molecule has 8 nitrogen and oxygen atoms in total. The number of amides is 2. The number of benzene rings is 3. The van der Waals surface area contributed by atoms with E-state index in [-0.39, 0.29) is 0 Å². The van der Waals surface area contributed by atoms with E-state index in [0.29, 0.717) is 39.9 Å². The van der Waals surface area contributed by atoms with Crippen molar-refractivity contribution in [1.29, 1.82) is 0 Å². The van der Waals surface area contributed by atoms with Gasteiger partial charge in [0.15, 0.2) is 0 Å². The van der Waals surface area contributed by atoms with Crippen molar-refractivity contribution >= 4 is 41.3 Å². The minimum absolute atomic E-state index is 0.311. The first-order chi connectivity index (χ1) is 17.0. The molecule has 0 fully saturated rings. The van der Waals surface area contributed by atoms with Crippen LogP contribution in [-0.4, -0.2) is 30.6 Å². The molecule has 2 N–H and O–H groups in total. The number of hydrogen-bond donors (Lipinski definition) is 2. The second kappa shape index (κ2) is 12.9. The Morgan fingerprint density at radius 2 is 1.60 bits per heavy atom. The molecule has 9 heteroatoms. The van der Waals surface area contributed by atoms with E-state index in [4.69, 9.17) is 21.1 Å². The number of nitrogens with one attached hydrogen (secondary N) is 2. The van der Waals surface area contributed by atoms with Crippen molar-refractivity contribution in [2.45, 2.75) is 19.8 Å². The van der Waals surface area contributed by atoms with Gasteiger partial charge in [0.25, 0.3) is 0 Å². The van der Waals surface area contributed by atoms with Gasteiger partial charge in [-0.1, -0.05) is 37.1 Å². The highest BCUT2D eigenvalue weighted by Gasteiger charge is 2.14. The lowest BCUT2D eigenvalue weighted by molar-refractivity contribution is -0.136. The summed E-state index contributed by atoms with van der Waals surface area (Å²) in [5, 5.41) is 6.47. The normalized spacial score (nSPS) is 10.6. The molecule has 3 aromatic carbocycles. The molecular weight excluding hydrogens is 470 g/mol. The third-order valence-corrected chi connectivity index (χ3v) is 4.98. The van der Waals surface area contributed by atoms with E-state index >= 15 is 0 Å². The molecule has 0 aliphatic heterocycles. The highest BCUT2D eigenvalue weighted by molar-refractivity contribution is 6.41. The van der Waals surface area contributed by atoms with Gasteiger partial charge < -0.3 is 14.8 Å². The molecule has 0 aromatic heterocycles. The lowest BCUT2D eigenvalue weighted by Gasteiger charge is -2.07. The highest BCUT2D eigenvalue weighted by atomic mass is 35.5. The number of anilines is 1. The number of halogens is 1. The van der Waals surface area contributed by atoms with Gasteiger partial charge in [0.05, 0.1) is 29.1 Å². The molecule has 0 saturated heterocycles. The Labute approximate surface area is 207 Å². The molecule has 3 aromatic rings. The van der Waals surface area contributed by atoms with Gasteiger partial charge in [0, 0.05) is 0 Å². The average Bonchev–Trinajstić information content (AvgIpc) is 2.87. The van der Waals surface area contributed by atoms with Crippen molar-refractivity contribution in [3.05, 3.63) is 88.9 Å². The number of carbonyl (C=O) groups excluding carboxylic acids is 3. The Balaban J connectivity index is 1.47. The summed E-state index contributed by atoms with van der Waals surface area (Å²) >= 11 is 5.95. The third-order valence-electron chi connectivity index (χ3n) is 4.66. The molecule has 0 heterocycles. The highest BCUT2D eigenvalue weighted by Crippen LogP contribution is 2.20. The number of nitrogens with zero attached hydrogens (tertiary/aromatic N) is 1. The lowest BCUT2D eigenvalue weighted by atomic mass is 10.2. The van der Waals surface area contributed by atoms with E-state index in [1.54, 1.807) is 72.8 Å². The van der Waals surface area contributed by atoms with E-state index in [2.05, 4.69) is 22.8 Å². The van der Waals surface area contributed by atoms with Crippen LogP contribution in [0.1, 0.15) is 35.7 Å². The fourth-order valence-corrected chi connectivity index (χ4v) is 2.95. The van der Waals surface area contributed by atoms with Crippen LogP contribution in [0.4, 0.5) is 5.69 Å². The molecule has 0 bridgehead atoms. The van der Waals surface area contributed by atoms with Crippen LogP contribution in [0.2, 0.25) is 5.02 Å². The number of unbranched alkanes of at least 4 members (excludes halogenated alkanes) is 1. The number of esters is 1. The van der Waals surface area contributed by atoms with Gasteiger partial charge in [-0.25, -0.2) is 10.2 Å². The summed E-state index contributed by atoms with van der Waals surface area (Å²) in [5.74, 6) is -1.31. The van der Waals surface area contributed by atoms with Crippen LogP contribution < -0.4 is 20.2 Å². The number of carbonyl (C=O) groups is 3. The van der Waals surface area contributed by atoms with Crippen molar-refractivity contribution in [3.8, 4) is 11.5 Å². The third kappa shape index (κ3) is 7.97. The summed E-state index contributed by atoms with van der Waals surface area (Å²) in [6.07, 6.45) is 3.37. The minimum Gasteiger partial charge on any atom is -0.494 e. The van der Waals surface area contributed by atoms with E-state index in [1.165, 1.54) is 6.21 Å². The van der Waals surface area contributed by atoms with Crippen LogP contribution >= 0.6 is 11.6 Å². The second-order valence-electron chi connectivity index (χ2n) is 7.32. The molecule has 0 spiro atoms. The second-order valence-corrected chi connectivity index (χ2v) is 7.73. The Bertz CT molecular complexity index is 1190. The fourth-order valence-electron chi connectivity index (χ4n) is 2.77. The summed E-state index contributed by atoms with van der Waals surface area (Å²) in [4.78, 5) is 36.2. The summed E-state index contributed by atoms with van der Waals surface area (Å²) in [5.41, 5.74) is 3.47. The lowest BCUT2D eigenvalue weighted by Crippen LogP contribution is -2.32. The quantitative estimate of drug-likeness (QED) is 0.111. The van der Waals surface area contributed by atoms with Crippen molar-refractivity contribution in [2.24, 2.45) is 5.10 Å². The number of hydrogen-bond acceptors (Lipinski definition) is 6. The Kier molecular flexibility index (Phi) is 9.39. The van der Waals surface area contributed by atoms with E-state index in [1.807, 2.05) is 0 Å². The smallest absolute Gasteiger partial charge is 0.343 e. The van der Waals surface area contributed by atoms with Gasteiger partial charge in [-0.15, -0.1) is 0 Å². The fraction of sp³-hybridized carbons (Fsp3) is 0.154. The van der Waals surface area contributed by atoms with Crippen LogP contribution in [0.5, 0.6) is 11.5 Å². The van der Waals surface area contributed by atoms with Gasteiger partial charge in [-0.2, -0.15) is 5.10 Å². The summed E-state index contributed by atoms with van der Waals surface area (Å²) in [6, 6.07) is 19.8. The molecule has 0 aliphatic rings. The minimum atomic E-state index is -0.950. The number of ether oxygens (including phenoxy) is 2. The molecule has 2 amide bonds. The Morgan fingerprint density at radius 1 is 0.914 bits per heavy atom. The average molecular weight is 494 g/mol. The molecule has 0 radical (unpaired) electrons. The van der Waals surface area contributed by atoms with E-state index in [0.717, 1.165) is 12.8 Å². The van der Waals surface area contributed by atoms with Crippen LogP contribution in [0.25, 0.3) is 0 Å². The Morgan fingerprint density at radius 3 is 2.29 bits per heavy atom. The van der Waals surface area contributed by atoms with Crippen molar-refractivity contribution in [3.63, 3.8) is 0 Å². The first kappa shape index (κ1) is 25.5. The largest absolute Gasteiger partial charge is 0.494 e. The molecule has 0 aliphatic carbocycles. The van der Waals surface area contributed by atoms with Crippen LogP contribution in [0.15, 0.2) is 77.9 Å². The molecule has 0 atom stereocenters. The maximum atomic E-state index is 12.4. The molecule has 0 saturated carbocycles. The number of rotatable bonds is 9. The van der Waals surface area contributed by atoms with Crippen LogP contribution in [0.3, 0.4) is 0 Å². The zero-order valence-electron chi connectivity index (χ0n) is 19.0. The number of hydrazone groups is 1. The standard InChI is InChI=1S/C26H24ClN3O5/c1-2-3-16-34-20-14-10-19(11-15-20)26(33)35-21-12-8-18(9-13-21)17-28-30-25(32)24(31)29-23-7-5-4-6-22(23)27/h4-15,17H,2-3,16H2,1H3,(H,29,31)(H,30,32)/b28-17-. The predicted molar refractivity (Wildman–Crippen MR) is 134 cm³/mol. The van der Waals surface area contributed by atoms with Crippen molar-refractivity contribution in [2.75, 3.05) is 11.9 Å². The zero-order valence-corrected chi connectivity index (χ0v) is 19.7. The Hall–Kier alpha value is -4.17. The number of para-hydroxylation sites is 1. The van der Waals surface area contributed by atoms with Gasteiger partial charge in [-0.05, 0) is 72.6 Å². The molecule has 0 unspecified atom stereocenters. The molecular formula is C26H24ClN3O5. The molecule has 3 rings (SSSR count). The van der Waals surface area contributed by atoms with Gasteiger partial charge in [0.2, 0.25) is 0 Å². The van der Waals surface area contributed by atoms with Crippen LogP contribution in [-0.2, 0) is 9.59 Å². The maximum absolute atomic E-state index is 12.4. The first-order valence-corrected chi connectivity index (χ1v) is 11.3. The summed E-state index contributed by atoms with van der Waals surface area (Å²) in [7, 11) is 0. The van der Waals surface area contributed by atoms with E-state index < -0.39 is 17.8 Å². The van der Waals surface area contributed by atoms with Gasteiger partial charge >= 0.3 is 17.8 Å². The predicted octanol–water partition coefficient (Wildman–Crippen LogP) is 4.83. The summed E-state index contributed by atoms with van der Waals surface area (Å²) < 4.78 is 11.0. The molecule has 35 heavy (non-hydrogen) atoms. The maximum Gasteiger partial charge on any atom is 0.343 e.